The fraction of sp³-hybridized carbons (Fsp3) is 0.438. The van der Waals surface area contributed by atoms with Gasteiger partial charge in [0, 0.05) is 35.9 Å². The smallest absolute Gasteiger partial charge is 0.228 e. The lowest BCUT2D eigenvalue weighted by atomic mass is 10.0. The number of amides is 1. The van der Waals surface area contributed by atoms with Gasteiger partial charge in [0.15, 0.2) is 0 Å². The summed E-state index contributed by atoms with van der Waals surface area (Å²) in [5.74, 6) is 0.203. The molecule has 5 heteroatoms. The van der Waals surface area contributed by atoms with E-state index in [-0.39, 0.29) is 5.91 Å². The predicted molar refractivity (Wildman–Crippen MR) is 84.1 cm³/mol. The number of rotatable bonds is 3. The van der Waals surface area contributed by atoms with Gasteiger partial charge in [-0.25, -0.2) is 4.98 Å². The van der Waals surface area contributed by atoms with Crippen LogP contribution in [-0.4, -0.2) is 33.4 Å². The molecule has 1 atom stereocenters. The maximum atomic E-state index is 12.4. The largest absolute Gasteiger partial charge is 0.340 e. The second kappa shape index (κ2) is 6.35. The third-order valence-electron chi connectivity index (χ3n) is 3.93. The topological polar surface area (TPSA) is 46.1 Å². The number of thiazole rings is 1. The highest BCUT2D eigenvalue weighted by Crippen LogP contribution is 2.24. The number of pyridine rings is 1. The summed E-state index contributed by atoms with van der Waals surface area (Å²) in [4.78, 5) is 23.0. The van der Waals surface area contributed by atoms with E-state index in [9.17, 15) is 4.79 Å². The summed E-state index contributed by atoms with van der Waals surface area (Å²) in [5.41, 5.74) is 1.93. The second-order valence-corrected chi connectivity index (χ2v) is 6.35. The van der Waals surface area contributed by atoms with Gasteiger partial charge in [0.1, 0.15) is 5.01 Å². The van der Waals surface area contributed by atoms with Crippen LogP contribution in [0.25, 0.3) is 10.6 Å². The first-order valence-electron chi connectivity index (χ1n) is 7.38. The molecule has 0 N–H and O–H groups in total. The first-order valence-corrected chi connectivity index (χ1v) is 8.26. The minimum Gasteiger partial charge on any atom is -0.340 e. The molecule has 1 aliphatic rings. The molecule has 3 rings (SSSR count). The summed E-state index contributed by atoms with van der Waals surface area (Å²) in [5, 5.41) is 2.94. The molecule has 0 radical (unpaired) electrons. The standard InChI is InChI=1S/C16H19N3OS/c1-12-4-2-3-9-19(12)15(20)10-14-11-21-16(18-14)13-5-7-17-8-6-13/h5-8,11-12H,2-4,9-10H2,1H3. The van der Waals surface area contributed by atoms with E-state index in [1.54, 1.807) is 23.7 Å². The molecular formula is C16H19N3OS. The third kappa shape index (κ3) is 3.29. The molecule has 0 saturated carbocycles. The van der Waals surface area contributed by atoms with Crippen LogP contribution in [0.4, 0.5) is 0 Å². The highest BCUT2D eigenvalue weighted by Gasteiger charge is 2.23. The molecule has 0 aromatic carbocycles. The Morgan fingerprint density at radius 2 is 2.19 bits per heavy atom. The van der Waals surface area contributed by atoms with Crippen molar-refractivity contribution in [3.63, 3.8) is 0 Å². The number of piperidine rings is 1. The zero-order chi connectivity index (χ0) is 14.7. The lowest BCUT2D eigenvalue weighted by molar-refractivity contribution is -0.133. The quantitative estimate of drug-likeness (QED) is 0.875. The fourth-order valence-corrected chi connectivity index (χ4v) is 3.57. The van der Waals surface area contributed by atoms with Crippen molar-refractivity contribution >= 4 is 17.2 Å². The monoisotopic (exact) mass is 301 g/mol. The number of likely N-dealkylation sites (tertiary alicyclic amines) is 1. The normalized spacial score (nSPS) is 18.7. The van der Waals surface area contributed by atoms with Crippen LogP contribution in [0.15, 0.2) is 29.9 Å². The van der Waals surface area contributed by atoms with Gasteiger partial charge >= 0.3 is 0 Å². The van der Waals surface area contributed by atoms with Crippen molar-refractivity contribution < 1.29 is 4.79 Å². The van der Waals surface area contributed by atoms with E-state index < -0.39 is 0 Å². The van der Waals surface area contributed by atoms with Gasteiger partial charge in [0.25, 0.3) is 0 Å². The molecule has 1 fully saturated rings. The summed E-state index contributed by atoms with van der Waals surface area (Å²) in [6.07, 6.45) is 7.40. The van der Waals surface area contributed by atoms with Crippen LogP contribution in [0, 0.1) is 0 Å². The van der Waals surface area contributed by atoms with Crippen LogP contribution >= 0.6 is 11.3 Å². The van der Waals surface area contributed by atoms with Crippen molar-refractivity contribution in [3.8, 4) is 10.6 Å². The molecule has 0 bridgehead atoms. The highest BCUT2D eigenvalue weighted by atomic mass is 32.1. The zero-order valence-electron chi connectivity index (χ0n) is 12.2. The Morgan fingerprint density at radius 3 is 2.95 bits per heavy atom. The average molecular weight is 301 g/mol. The van der Waals surface area contributed by atoms with Crippen LogP contribution in [0.1, 0.15) is 31.9 Å². The molecule has 1 saturated heterocycles. The SMILES string of the molecule is CC1CCCCN1C(=O)Cc1csc(-c2ccncc2)n1. The van der Waals surface area contributed by atoms with Gasteiger partial charge in [0.2, 0.25) is 5.91 Å². The molecule has 110 valence electrons. The van der Waals surface area contributed by atoms with Crippen LogP contribution in [0.5, 0.6) is 0 Å². The Morgan fingerprint density at radius 1 is 1.38 bits per heavy atom. The average Bonchev–Trinajstić information content (AvgIpc) is 2.97. The van der Waals surface area contributed by atoms with E-state index in [1.807, 2.05) is 22.4 Å². The summed E-state index contributed by atoms with van der Waals surface area (Å²) < 4.78 is 0. The molecule has 1 aliphatic heterocycles. The van der Waals surface area contributed by atoms with Gasteiger partial charge in [-0.05, 0) is 38.3 Å². The van der Waals surface area contributed by atoms with Crippen molar-refractivity contribution in [2.75, 3.05) is 6.54 Å². The first-order chi connectivity index (χ1) is 10.2. The van der Waals surface area contributed by atoms with Crippen LogP contribution in [0.3, 0.4) is 0 Å². The Hall–Kier alpha value is -1.75. The van der Waals surface area contributed by atoms with E-state index in [4.69, 9.17) is 0 Å². The van der Waals surface area contributed by atoms with E-state index in [0.717, 1.165) is 35.7 Å². The van der Waals surface area contributed by atoms with Gasteiger partial charge < -0.3 is 4.90 Å². The molecule has 2 aromatic heterocycles. The van der Waals surface area contributed by atoms with Crippen LogP contribution < -0.4 is 0 Å². The lowest BCUT2D eigenvalue weighted by Gasteiger charge is -2.33. The summed E-state index contributed by atoms with van der Waals surface area (Å²) >= 11 is 1.58. The Labute approximate surface area is 128 Å². The number of hydrogen-bond donors (Lipinski definition) is 0. The van der Waals surface area contributed by atoms with Crippen molar-refractivity contribution in [1.29, 1.82) is 0 Å². The number of carbonyl (C=O) groups is 1. The van der Waals surface area contributed by atoms with Gasteiger partial charge in [-0.15, -0.1) is 11.3 Å². The van der Waals surface area contributed by atoms with E-state index >= 15 is 0 Å². The van der Waals surface area contributed by atoms with Crippen molar-refractivity contribution in [1.82, 2.24) is 14.9 Å². The van der Waals surface area contributed by atoms with Gasteiger partial charge in [-0.3, -0.25) is 9.78 Å². The van der Waals surface area contributed by atoms with E-state index in [0.29, 0.717) is 12.5 Å². The van der Waals surface area contributed by atoms with Crippen molar-refractivity contribution in [2.45, 2.75) is 38.6 Å². The summed E-state index contributed by atoms with van der Waals surface area (Å²) in [7, 11) is 0. The highest BCUT2D eigenvalue weighted by molar-refractivity contribution is 7.13. The molecule has 21 heavy (non-hydrogen) atoms. The van der Waals surface area contributed by atoms with Crippen molar-refractivity contribution in [2.24, 2.45) is 0 Å². The molecular weight excluding hydrogens is 282 g/mol. The molecule has 3 heterocycles. The minimum atomic E-state index is 0.203. The maximum Gasteiger partial charge on any atom is 0.228 e. The van der Waals surface area contributed by atoms with Crippen LogP contribution in [-0.2, 0) is 11.2 Å². The van der Waals surface area contributed by atoms with Gasteiger partial charge in [-0.1, -0.05) is 0 Å². The predicted octanol–water partition coefficient (Wildman–Crippen LogP) is 3.15. The first kappa shape index (κ1) is 14.2. The van der Waals surface area contributed by atoms with Gasteiger partial charge in [-0.2, -0.15) is 0 Å². The fourth-order valence-electron chi connectivity index (χ4n) is 2.74. The zero-order valence-corrected chi connectivity index (χ0v) is 13.0. The third-order valence-corrected chi connectivity index (χ3v) is 4.87. The van der Waals surface area contributed by atoms with E-state index in [1.165, 1.54) is 6.42 Å². The van der Waals surface area contributed by atoms with E-state index in [2.05, 4.69) is 16.9 Å². The Kier molecular flexibility index (Phi) is 4.29. The molecule has 1 amide bonds. The number of nitrogens with zero attached hydrogens (tertiary/aromatic N) is 3. The summed E-state index contributed by atoms with van der Waals surface area (Å²) in [6, 6.07) is 4.25. The Bertz CT molecular complexity index is 611. The molecule has 4 nitrogen and oxygen atoms in total. The van der Waals surface area contributed by atoms with Gasteiger partial charge in [0.05, 0.1) is 12.1 Å². The number of hydrogen-bond acceptors (Lipinski definition) is 4. The Balaban J connectivity index is 1.68. The minimum absolute atomic E-state index is 0.203. The number of carbonyl (C=O) groups excluding carboxylic acids is 1. The maximum absolute atomic E-state index is 12.4. The van der Waals surface area contributed by atoms with Crippen molar-refractivity contribution in [3.05, 3.63) is 35.6 Å². The second-order valence-electron chi connectivity index (χ2n) is 5.49. The molecule has 0 spiro atoms. The van der Waals surface area contributed by atoms with Crippen LogP contribution in [0.2, 0.25) is 0 Å². The molecule has 0 aliphatic carbocycles. The lowest BCUT2D eigenvalue weighted by Crippen LogP contribution is -2.42. The number of aromatic nitrogens is 2. The summed E-state index contributed by atoms with van der Waals surface area (Å²) in [6.45, 7) is 3.03. The molecule has 1 unspecified atom stereocenters. The molecule has 2 aromatic rings.